The highest BCUT2D eigenvalue weighted by atomic mass is 19.1. The molecule has 12 heteroatoms. The Morgan fingerprint density at radius 1 is 1.21 bits per heavy atom. The molecule has 0 unspecified atom stereocenters. The lowest BCUT2D eigenvalue weighted by atomic mass is 9.94. The fourth-order valence-electron chi connectivity index (χ4n) is 4.86. The zero-order valence-electron chi connectivity index (χ0n) is 21.2. The highest BCUT2D eigenvalue weighted by Gasteiger charge is 2.50. The van der Waals surface area contributed by atoms with Crippen molar-refractivity contribution in [3.8, 4) is 11.4 Å². The van der Waals surface area contributed by atoms with E-state index in [0.717, 1.165) is 24.1 Å². The Kier molecular flexibility index (Phi) is 5.44. The van der Waals surface area contributed by atoms with E-state index < -0.39 is 23.0 Å². The summed E-state index contributed by atoms with van der Waals surface area (Å²) in [6, 6.07) is 4.19. The lowest BCUT2D eigenvalue weighted by Gasteiger charge is -2.23. The number of rotatable bonds is 8. The molecule has 0 atom stereocenters. The number of aryl methyl sites for hydroxylation is 2. The minimum absolute atomic E-state index is 0.0754. The molecule has 3 heterocycles. The number of benzene rings is 1. The molecule has 1 amide bonds. The third-order valence-corrected chi connectivity index (χ3v) is 7.25. The molecule has 0 saturated heterocycles. The molecule has 2 saturated carbocycles. The summed E-state index contributed by atoms with van der Waals surface area (Å²) in [5.41, 5.74) is 7.38. The zero-order valence-corrected chi connectivity index (χ0v) is 21.2. The number of imidazole rings is 1. The third-order valence-electron chi connectivity index (χ3n) is 7.25. The molecule has 2 aliphatic rings. The van der Waals surface area contributed by atoms with Gasteiger partial charge >= 0.3 is 0 Å². The van der Waals surface area contributed by atoms with Crippen LogP contribution >= 0.6 is 0 Å². The van der Waals surface area contributed by atoms with Gasteiger partial charge in [0.2, 0.25) is 11.9 Å². The van der Waals surface area contributed by atoms with E-state index in [1.807, 2.05) is 30.8 Å². The Hall–Kier alpha value is -4.35. The molecule has 1 aromatic carbocycles. The smallest absolute Gasteiger partial charge is 0.232 e. The summed E-state index contributed by atoms with van der Waals surface area (Å²) < 4.78 is 32.7. The second-order valence-corrected chi connectivity index (χ2v) is 10.2. The van der Waals surface area contributed by atoms with Crippen molar-refractivity contribution in [3.63, 3.8) is 0 Å². The molecular formula is C26H27F2N9O. The number of primary amides is 1. The summed E-state index contributed by atoms with van der Waals surface area (Å²) >= 11 is 0. The van der Waals surface area contributed by atoms with Crippen LogP contribution < -0.4 is 16.0 Å². The van der Waals surface area contributed by atoms with Gasteiger partial charge in [-0.2, -0.15) is 10.1 Å². The molecule has 0 radical (unpaired) electrons. The summed E-state index contributed by atoms with van der Waals surface area (Å²) in [7, 11) is 3.36. The first-order valence-electron chi connectivity index (χ1n) is 12.4. The predicted molar refractivity (Wildman–Crippen MR) is 137 cm³/mol. The molecule has 4 aromatic rings. The molecule has 10 nitrogen and oxygen atoms in total. The average Bonchev–Trinajstić information content (AvgIpc) is 3.78. The number of hydrogen-bond donors (Lipinski definition) is 3. The van der Waals surface area contributed by atoms with Gasteiger partial charge in [-0.05, 0) is 56.2 Å². The van der Waals surface area contributed by atoms with Crippen molar-refractivity contribution >= 4 is 29.2 Å². The molecule has 0 spiro atoms. The van der Waals surface area contributed by atoms with Crippen LogP contribution in [0.2, 0.25) is 0 Å². The Morgan fingerprint density at radius 3 is 2.45 bits per heavy atom. The van der Waals surface area contributed by atoms with E-state index in [9.17, 15) is 4.79 Å². The number of amides is 1. The summed E-state index contributed by atoms with van der Waals surface area (Å²) in [6.07, 6.45) is 6.40. The number of nitrogens with one attached hydrogen (secondary N) is 2. The van der Waals surface area contributed by atoms with Gasteiger partial charge in [-0.3, -0.25) is 9.89 Å². The monoisotopic (exact) mass is 519 g/mol. The molecule has 38 heavy (non-hydrogen) atoms. The van der Waals surface area contributed by atoms with Crippen LogP contribution in [0.15, 0.2) is 30.7 Å². The SMILES string of the molecule is Cc1cc(Nc2nc(N(C)c3c(F)cc(C4(C(N)=O)CC4)cc3F)nc(-c3cn(C)cn3)c2C2CC2)n[nH]1. The number of halogens is 2. The number of nitrogens with two attached hydrogens (primary N) is 1. The van der Waals surface area contributed by atoms with Crippen molar-refractivity contribution in [1.82, 2.24) is 29.7 Å². The molecule has 3 aromatic heterocycles. The second-order valence-electron chi connectivity index (χ2n) is 10.2. The van der Waals surface area contributed by atoms with E-state index in [1.54, 1.807) is 6.33 Å². The molecular weight excluding hydrogens is 492 g/mol. The molecule has 0 aliphatic heterocycles. The van der Waals surface area contributed by atoms with Crippen molar-refractivity contribution < 1.29 is 13.6 Å². The Morgan fingerprint density at radius 2 is 1.92 bits per heavy atom. The van der Waals surface area contributed by atoms with Crippen molar-refractivity contribution in [2.45, 2.75) is 43.9 Å². The average molecular weight is 520 g/mol. The van der Waals surface area contributed by atoms with Crippen molar-refractivity contribution in [2.75, 3.05) is 17.3 Å². The van der Waals surface area contributed by atoms with Crippen LogP contribution in [-0.4, -0.2) is 42.7 Å². The van der Waals surface area contributed by atoms with Crippen LogP contribution in [0.1, 0.15) is 48.4 Å². The quantitative estimate of drug-likeness (QED) is 0.320. The Bertz CT molecular complexity index is 1550. The summed E-state index contributed by atoms with van der Waals surface area (Å²) in [4.78, 5) is 27.2. The van der Waals surface area contributed by atoms with E-state index in [-0.39, 0.29) is 23.1 Å². The molecule has 2 aliphatic carbocycles. The Labute approximate surface area is 217 Å². The fourth-order valence-corrected chi connectivity index (χ4v) is 4.86. The maximum Gasteiger partial charge on any atom is 0.232 e. The number of anilines is 4. The van der Waals surface area contributed by atoms with Gasteiger partial charge in [0.05, 0.1) is 11.7 Å². The van der Waals surface area contributed by atoms with Crippen molar-refractivity contribution in [3.05, 3.63) is 59.2 Å². The minimum Gasteiger partial charge on any atom is -0.369 e. The number of aromatic nitrogens is 6. The molecule has 0 bridgehead atoms. The van der Waals surface area contributed by atoms with E-state index in [1.165, 1.54) is 24.1 Å². The molecule has 2 fully saturated rings. The second kappa shape index (κ2) is 8.61. The van der Waals surface area contributed by atoms with Crippen LogP contribution in [0.5, 0.6) is 0 Å². The van der Waals surface area contributed by atoms with Crippen molar-refractivity contribution in [1.29, 1.82) is 0 Å². The highest BCUT2D eigenvalue weighted by molar-refractivity contribution is 5.90. The summed E-state index contributed by atoms with van der Waals surface area (Å²) in [5.74, 6) is -0.882. The zero-order chi connectivity index (χ0) is 26.8. The largest absolute Gasteiger partial charge is 0.369 e. The molecule has 6 rings (SSSR count). The first-order valence-corrected chi connectivity index (χ1v) is 12.4. The standard InChI is InChI=1S/C26H27F2N9O/c1-13-8-19(35-34-13)31-23-20(14-4-5-14)21(18-11-36(2)12-30-18)32-25(33-23)37(3)22-16(27)9-15(10-17(22)28)26(6-7-26)24(29)38/h8-12,14H,4-7H2,1-3H3,(H2,29,38)(H2,31,32,33,34,35). The van der Waals surface area contributed by atoms with E-state index in [4.69, 9.17) is 15.7 Å². The van der Waals surface area contributed by atoms with E-state index >= 15 is 8.78 Å². The molecule has 4 N–H and O–H groups in total. The lowest BCUT2D eigenvalue weighted by Crippen LogP contribution is -2.29. The van der Waals surface area contributed by atoms with Gasteiger partial charge in [-0.15, -0.1) is 0 Å². The van der Waals surface area contributed by atoms with Gasteiger partial charge < -0.3 is 20.5 Å². The highest BCUT2D eigenvalue weighted by Crippen LogP contribution is 2.50. The topological polar surface area (TPSA) is 131 Å². The maximum atomic E-state index is 15.4. The van der Waals surface area contributed by atoms with Gasteiger partial charge in [0.15, 0.2) is 5.82 Å². The molecule has 196 valence electrons. The van der Waals surface area contributed by atoms with Crippen LogP contribution in [0.3, 0.4) is 0 Å². The van der Waals surface area contributed by atoms with Crippen LogP contribution in [-0.2, 0) is 17.3 Å². The van der Waals surface area contributed by atoms with Crippen LogP contribution in [0.4, 0.5) is 32.1 Å². The third kappa shape index (κ3) is 4.05. The lowest BCUT2D eigenvalue weighted by molar-refractivity contribution is -0.120. The van der Waals surface area contributed by atoms with Crippen LogP contribution in [0, 0.1) is 18.6 Å². The number of aromatic amines is 1. The van der Waals surface area contributed by atoms with Gasteiger partial charge in [0.1, 0.15) is 34.5 Å². The first-order chi connectivity index (χ1) is 18.2. The number of hydrogen-bond acceptors (Lipinski definition) is 7. The number of carbonyl (C=O) groups is 1. The summed E-state index contributed by atoms with van der Waals surface area (Å²) in [5, 5.41) is 10.4. The number of H-pyrrole nitrogens is 1. The number of nitrogens with zero attached hydrogens (tertiary/aromatic N) is 6. The van der Waals surface area contributed by atoms with Crippen molar-refractivity contribution in [2.24, 2.45) is 12.8 Å². The minimum atomic E-state index is -1.01. The fraction of sp³-hybridized carbons (Fsp3) is 0.346. The van der Waals surface area contributed by atoms with E-state index in [0.29, 0.717) is 35.9 Å². The Balaban J connectivity index is 1.48. The van der Waals surface area contributed by atoms with Gasteiger partial charge in [-0.25, -0.2) is 18.7 Å². The normalized spacial score (nSPS) is 15.9. The van der Waals surface area contributed by atoms with Gasteiger partial charge in [-0.1, -0.05) is 0 Å². The summed E-state index contributed by atoms with van der Waals surface area (Å²) in [6.45, 7) is 1.89. The van der Waals surface area contributed by atoms with Crippen LogP contribution in [0.25, 0.3) is 11.4 Å². The van der Waals surface area contributed by atoms with E-state index in [2.05, 4.69) is 20.5 Å². The predicted octanol–water partition coefficient (Wildman–Crippen LogP) is 4.09. The maximum absolute atomic E-state index is 15.4. The first kappa shape index (κ1) is 24.0. The van der Waals surface area contributed by atoms with Gasteiger partial charge in [0, 0.05) is 37.6 Å². The van der Waals surface area contributed by atoms with Gasteiger partial charge in [0.25, 0.3) is 0 Å². The number of carbonyl (C=O) groups excluding carboxylic acids is 1.